The maximum Gasteiger partial charge on any atom is 0.312 e. The van der Waals surface area contributed by atoms with E-state index in [2.05, 4.69) is 20.9 Å². The minimum absolute atomic E-state index is 0.172. The molecule has 22 heavy (non-hydrogen) atoms. The lowest BCUT2D eigenvalue weighted by Gasteiger charge is -2.06. The summed E-state index contributed by atoms with van der Waals surface area (Å²) in [6.07, 6.45) is 0.535. The molecule has 0 bridgehead atoms. The molecule has 0 unspecified atom stereocenters. The first-order chi connectivity index (χ1) is 10.5. The van der Waals surface area contributed by atoms with Gasteiger partial charge >= 0.3 is 5.97 Å². The van der Waals surface area contributed by atoms with Crippen molar-refractivity contribution in [3.63, 3.8) is 0 Å². The summed E-state index contributed by atoms with van der Waals surface area (Å²) in [6, 6.07) is 7.44. The molecule has 0 aliphatic carbocycles. The fourth-order valence-corrected chi connectivity index (χ4v) is 2.88. The summed E-state index contributed by atoms with van der Waals surface area (Å²) in [4.78, 5) is 28.6. The molecule has 0 N–H and O–H groups in total. The Morgan fingerprint density at radius 3 is 2.73 bits per heavy atom. The number of ether oxygens (including phenoxy) is 1. The van der Waals surface area contributed by atoms with Gasteiger partial charge in [0, 0.05) is 17.3 Å². The number of carbonyl (C=O) groups excluding carboxylic acids is 2. The first-order valence-corrected chi connectivity index (χ1v) is 8.47. The van der Waals surface area contributed by atoms with Gasteiger partial charge in [0.2, 0.25) is 11.8 Å². The summed E-state index contributed by atoms with van der Waals surface area (Å²) in [5.41, 5.74) is 0.710. The maximum atomic E-state index is 12.2. The first-order valence-electron chi connectivity index (χ1n) is 6.79. The molecule has 0 aliphatic rings. The van der Waals surface area contributed by atoms with Crippen LogP contribution in [0.25, 0.3) is 0 Å². The Kier molecular flexibility index (Phi) is 5.68. The van der Waals surface area contributed by atoms with Crippen LogP contribution in [-0.2, 0) is 4.79 Å². The topological polar surface area (TPSA) is 60.7 Å². The van der Waals surface area contributed by atoms with Crippen LogP contribution in [0.15, 0.2) is 39.1 Å². The second kappa shape index (κ2) is 7.51. The number of esters is 1. The highest BCUT2D eigenvalue weighted by Gasteiger charge is 2.15. The Labute approximate surface area is 140 Å². The highest BCUT2D eigenvalue weighted by atomic mass is 79.9. The number of hydrogen-bond acceptors (Lipinski definition) is 5. The van der Waals surface area contributed by atoms with Crippen molar-refractivity contribution in [2.75, 3.05) is 0 Å². The van der Waals surface area contributed by atoms with Crippen LogP contribution in [0.2, 0.25) is 0 Å². The fraction of sp³-hybridized carbons (Fsp3) is 0.267. The first kappa shape index (κ1) is 16.6. The predicted octanol–water partition coefficient (Wildman–Crippen LogP) is 3.91. The summed E-state index contributed by atoms with van der Waals surface area (Å²) >= 11 is 4.64. The normalized spacial score (nSPS) is 11.5. The molecule has 7 heteroatoms. The van der Waals surface area contributed by atoms with E-state index in [-0.39, 0.29) is 24.2 Å². The summed E-state index contributed by atoms with van der Waals surface area (Å²) in [5.74, 6) is -0.337. The summed E-state index contributed by atoms with van der Waals surface area (Å²) in [6.45, 7) is 3.45. The van der Waals surface area contributed by atoms with Crippen LogP contribution in [0.4, 0.5) is 5.69 Å². The fourth-order valence-electron chi connectivity index (χ4n) is 1.68. The number of aromatic nitrogens is 1. The van der Waals surface area contributed by atoms with Gasteiger partial charge in [0.15, 0.2) is 4.80 Å². The van der Waals surface area contributed by atoms with Crippen LogP contribution in [0.1, 0.15) is 31.5 Å². The number of nitrogens with zero attached hydrogens (tertiary/aromatic N) is 2. The number of rotatable bonds is 4. The molecule has 116 valence electrons. The Morgan fingerprint density at radius 1 is 1.32 bits per heavy atom. The van der Waals surface area contributed by atoms with Gasteiger partial charge in [-0.05, 0) is 18.2 Å². The quantitative estimate of drug-likeness (QED) is 0.753. The molecule has 0 fully saturated rings. The molecule has 1 aromatic heterocycles. The molecular formula is C15H15BrN2O3S. The number of benzene rings is 1. The van der Waals surface area contributed by atoms with Crippen LogP contribution in [0.5, 0.6) is 5.88 Å². The molecule has 0 amide bonds. The minimum atomic E-state index is -0.385. The van der Waals surface area contributed by atoms with Crippen molar-refractivity contribution in [1.82, 2.24) is 4.57 Å². The zero-order valence-electron chi connectivity index (χ0n) is 12.2. The van der Waals surface area contributed by atoms with Gasteiger partial charge < -0.3 is 4.74 Å². The van der Waals surface area contributed by atoms with Gasteiger partial charge in [0.1, 0.15) is 0 Å². The Balaban J connectivity index is 2.51. The smallest absolute Gasteiger partial charge is 0.312 e. The second-order valence-electron chi connectivity index (χ2n) is 4.36. The number of hydrogen-bond donors (Lipinski definition) is 0. The van der Waals surface area contributed by atoms with Crippen molar-refractivity contribution in [3.05, 3.63) is 38.9 Å². The van der Waals surface area contributed by atoms with E-state index in [1.807, 2.05) is 24.3 Å². The largest absolute Gasteiger partial charge is 0.408 e. The van der Waals surface area contributed by atoms with Crippen molar-refractivity contribution < 1.29 is 14.3 Å². The molecular weight excluding hydrogens is 368 g/mol. The molecule has 0 radical (unpaired) electrons. The van der Waals surface area contributed by atoms with Crippen molar-refractivity contribution in [2.24, 2.45) is 4.99 Å². The molecule has 1 heterocycles. The average molecular weight is 383 g/mol. The molecule has 0 saturated heterocycles. The van der Waals surface area contributed by atoms with E-state index < -0.39 is 0 Å². The molecule has 0 spiro atoms. The van der Waals surface area contributed by atoms with Crippen molar-refractivity contribution in [2.45, 2.75) is 26.7 Å². The van der Waals surface area contributed by atoms with E-state index in [0.29, 0.717) is 16.9 Å². The maximum absolute atomic E-state index is 12.2. The van der Waals surface area contributed by atoms with E-state index in [9.17, 15) is 9.59 Å². The molecule has 5 nitrogen and oxygen atoms in total. The van der Waals surface area contributed by atoms with Gasteiger partial charge in [0.25, 0.3) is 0 Å². The molecule has 1 aromatic carbocycles. The Bertz CT molecular complexity index is 764. The van der Waals surface area contributed by atoms with Gasteiger partial charge in [-0.25, -0.2) is 9.56 Å². The third kappa shape index (κ3) is 3.92. The zero-order valence-corrected chi connectivity index (χ0v) is 14.6. The number of halogens is 1. The van der Waals surface area contributed by atoms with Gasteiger partial charge in [-0.1, -0.05) is 35.8 Å². The van der Waals surface area contributed by atoms with Crippen LogP contribution in [0, 0.1) is 0 Å². The monoisotopic (exact) mass is 382 g/mol. The SMILES string of the molecule is CCC(=O)Oc1csc(=Nc2cccc(Br)c2)n1C(=O)CC. The standard InChI is InChI=1S/C15H15BrN2O3S/c1-3-12(19)18-13(21-14(20)4-2)9-22-15(18)17-11-7-5-6-10(16)8-11/h5-9H,3-4H2,1-2H3. The molecule has 0 atom stereocenters. The van der Waals surface area contributed by atoms with Crippen molar-refractivity contribution in [1.29, 1.82) is 0 Å². The third-order valence-electron chi connectivity index (χ3n) is 2.77. The average Bonchev–Trinajstić information content (AvgIpc) is 2.88. The lowest BCUT2D eigenvalue weighted by molar-refractivity contribution is -0.134. The summed E-state index contributed by atoms with van der Waals surface area (Å²) in [5, 5.41) is 1.62. The van der Waals surface area contributed by atoms with E-state index >= 15 is 0 Å². The number of thiazole rings is 1. The van der Waals surface area contributed by atoms with Crippen molar-refractivity contribution in [3.8, 4) is 5.88 Å². The minimum Gasteiger partial charge on any atom is -0.408 e. The lowest BCUT2D eigenvalue weighted by Crippen LogP contribution is -2.24. The van der Waals surface area contributed by atoms with Crippen molar-refractivity contribution >= 4 is 44.8 Å². The van der Waals surface area contributed by atoms with Gasteiger partial charge in [-0.2, -0.15) is 0 Å². The molecule has 2 aromatic rings. The van der Waals surface area contributed by atoms with E-state index in [4.69, 9.17) is 4.74 Å². The third-order valence-corrected chi connectivity index (χ3v) is 4.07. The van der Waals surface area contributed by atoms with Crippen LogP contribution in [-0.4, -0.2) is 16.4 Å². The predicted molar refractivity (Wildman–Crippen MR) is 88.5 cm³/mol. The molecule has 0 saturated carbocycles. The van der Waals surface area contributed by atoms with Gasteiger partial charge in [-0.3, -0.25) is 9.59 Å². The Hall–Kier alpha value is -1.73. The van der Waals surface area contributed by atoms with Crippen LogP contribution in [0.3, 0.4) is 0 Å². The Morgan fingerprint density at radius 2 is 2.09 bits per heavy atom. The van der Waals surface area contributed by atoms with Gasteiger partial charge in [0.05, 0.1) is 11.1 Å². The van der Waals surface area contributed by atoms with Crippen LogP contribution < -0.4 is 9.54 Å². The highest BCUT2D eigenvalue weighted by molar-refractivity contribution is 9.10. The van der Waals surface area contributed by atoms with E-state index in [1.165, 1.54) is 15.9 Å². The molecule has 0 aliphatic heterocycles. The zero-order chi connectivity index (χ0) is 16.1. The van der Waals surface area contributed by atoms with E-state index in [0.717, 1.165) is 4.47 Å². The second-order valence-corrected chi connectivity index (χ2v) is 6.11. The van der Waals surface area contributed by atoms with E-state index in [1.54, 1.807) is 19.2 Å². The molecule has 2 rings (SSSR count). The lowest BCUT2D eigenvalue weighted by atomic mass is 10.3. The summed E-state index contributed by atoms with van der Waals surface area (Å²) < 4.78 is 7.45. The summed E-state index contributed by atoms with van der Waals surface area (Å²) in [7, 11) is 0. The highest BCUT2D eigenvalue weighted by Crippen LogP contribution is 2.19. The number of carbonyl (C=O) groups is 2. The van der Waals surface area contributed by atoms with Crippen LogP contribution >= 0.6 is 27.3 Å². The van der Waals surface area contributed by atoms with Gasteiger partial charge in [-0.15, -0.1) is 11.3 Å².